The van der Waals surface area contributed by atoms with E-state index in [1.54, 1.807) is 12.1 Å². The lowest BCUT2D eigenvalue weighted by Gasteiger charge is -2.34. The first kappa shape index (κ1) is 20.3. The molecule has 172 valence electrons. The van der Waals surface area contributed by atoms with Crippen molar-refractivity contribution in [2.45, 2.75) is 57.1 Å². The van der Waals surface area contributed by atoms with Crippen LogP contribution in [0, 0.1) is 5.92 Å². The Bertz CT molecular complexity index is 1130. The zero-order valence-electron chi connectivity index (χ0n) is 19.3. The summed E-state index contributed by atoms with van der Waals surface area (Å²) < 4.78 is 11.9. The van der Waals surface area contributed by atoms with E-state index >= 15 is 0 Å². The molecule has 1 atom stereocenters. The van der Waals surface area contributed by atoms with E-state index < -0.39 is 0 Å². The summed E-state index contributed by atoms with van der Waals surface area (Å²) in [4.78, 5) is 24.6. The van der Waals surface area contributed by atoms with Gasteiger partial charge in [-0.05, 0) is 57.2 Å². The van der Waals surface area contributed by atoms with E-state index in [1.165, 1.54) is 5.56 Å². The Balaban J connectivity index is 1.21. The standard InChI is InChI=1S/C25H29N5O3/c1-16-12-21-27-17(2)14-26-30(21)23(28-16)33-25(10-11-25)19-13-22(31)29(15-19)24(8-9-24)18-4-6-20(32-3)7-5-18/h4-7,12,14,19,26H,8-11,13,15H2,1-3H3/t19-/m1/s1. The number of allylic oxidation sites excluding steroid dienone is 2. The van der Waals surface area contributed by atoms with Crippen molar-refractivity contribution in [1.82, 2.24) is 15.3 Å². The van der Waals surface area contributed by atoms with Crippen LogP contribution in [-0.2, 0) is 15.1 Å². The Morgan fingerprint density at radius 1 is 1.06 bits per heavy atom. The molecule has 1 saturated heterocycles. The predicted molar refractivity (Wildman–Crippen MR) is 124 cm³/mol. The quantitative estimate of drug-likeness (QED) is 0.748. The number of hydrazine groups is 1. The zero-order chi connectivity index (χ0) is 22.8. The number of amidine groups is 2. The third kappa shape index (κ3) is 3.31. The van der Waals surface area contributed by atoms with Gasteiger partial charge in [-0.1, -0.05) is 12.1 Å². The van der Waals surface area contributed by atoms with Crippen molar-refractivity contribution in [3.63, 3.8) is 0 Å². The van der Waals surface area contributed by atoms with Crippen molar-refractivity contribution < 1.29 is 14.3 Å². The highest BCUT2D eigenvalue weighted by Crippen LogP contribution is 2.57. The topological polar surface area (TPSA) is 78.8 Å². The number of methoxy groups -OCH3 is 1. The summed E-state index contributed by atoms with van der Waals surface area (Å²) >= 11 is 0. The summed E-state index contributed by atoms with van der Waals surface area (Å²) in [7, 11) is 1.67. The Kier molecular flexibility index (Phi) is 4.38. The summed E-state index contributed by atoms with van der Waals surface area (Å²) in [5.41, 5.74) is 5.65. The van der Waals surface area contributed by atoms with Crippen molar-refractivity contribution in [3.8, 4) is 5.75 Å². The van der Waals surface area contributed by atoms with Gasteiger partial charge in [0.05, 0.1) is 18.3 Å². The van der Waals surface area contributed by atoms with Gasteiger partial charge in [0.2, 0.25) is 5.91 Å². The molecule has 2 saturated carbocycles. The smallest absolute Gasteiger partial charge is 0.318 e. The average Bonchev–Trinajstić information content (AvgIpc) is 3.72. The average molecular weight is 448 g/mol. The second-order valence-electron chi connectivity index (χ2n) is 9.73. The molecular formula is C25H29N5O3. The van der Waals surface area contributed by atoms with Gasteiger partial charge >= 0.3 is 6.02 Å². The van der Waals surface area contributed by atoms with Gasteiger partial charge in [-0.3, -0.25) is 10.2 Å². The highest BCUT2D eigenvalue weighted by Gasteiger charge is 2.61. The molecule has 1 amide bonds. The van der Waals surface area contributed by atoms with Crippen molar-refractivity contribution in [2.75, 3.05) is 13.7 Å². The van der Waals surface area contributed by atoms with Crippen LogP contribution in [0.25, 0.3) is 0 Å². The molecule has 6 rings (SSSR count). The van der Waals surface area contributed by atoms with Gasteiger partial charge in [0.15, 0.2) is 5.84 Å². The van der Waals surface area contributed by atoms with Gasteiger partial charge in [-0.2, -0.15) is 5.01 Å². The highest BCUT2D eigenvalue weighted by molar-refractivity contribution is 6.06. The molecule has 1 aromatic carbocycles. The number of fused-ring (bicyclic) bond motifs is 1. The molecule has 1 N–H and O–H groups in total. The maximum atomic E-state index is 13.2. The predicted octanol–water partition coefficient (Wildman–Crippen LogP) is 3.44. The summed E-state index contributed by atoms with van der Waals surface area (Å²) in [5.74, 6) is 1.98. The van der Waals surface area contributed by atoms with Crippen molar-refractivity contribution in [3.05, 3.63) is 53.5 Å². The largest absolute Gasteiger partial charge is 0.497 e. The van der Waals surface area contributed by atoms with Crippen LogP contribution < -0.4 is 10.2 Å². The van der Waals surface area contributed by atoms with Gasteiger partial charge in [-0.15, -0.1) is 0 Å². The molecule has 1 aromatic rings. The molecule has 3 fully saturated rings. The van der Waals surface area contributed by atoms with E-state index in [0.29, 0.717) is 12.4 Å². The van der Waals surface area contributed by atoms with Crippen LogP contribution in [0.2, 0.25) is 0 Å². The number of hydrogen-bond acceptors (Lipinski definition) is 7. The van der Waals surface area contributed by atoms with E-state index in [9.17, 15) is 4.79 Å². The molecule has 5 aliphatic rings. The third-order valence-electron chi connectivity index (χ3n) is 7.50. The number of aliphatic imine (C=N–C) groups is 2. The summed E-state index contributed by atoms with van der Waals surface area (Å²) in [5, 5.41) is 1.79. The number of hydrogen-bond donors (Lipinski definition) is 1. The second kappa shape index (κ2) is 7.10. The number of amides is 1. The Labute approximate surface area is 193 Å². The maximum Gasteiger partial charge on any atom is 0.318 e. The normalized spacial score (nSPS) is 26.4. The fraction of sp³-hybridized carbons (Fsp3) is 0.480. The summed E-state index contributed by atoms with van der Waals surface area (Å²) in [6.07, 6.45) is 8.17. The Hall–Kier alpha value is -3.29. The van der Waals surface area contributed by atoms with Gasteiger partial charge in [-0.25, -0.2) is 9.98 Å². The van der Waals surface area contributed by atoms with Gasteiger partial charge < -0.3 is 14.4 Å². The van der Waals surface area contributed by atoms with Crippen LogP contribution in [0.4, 0.5) is 0 Å². The van der Waals surface area contributed by atoms with Gasteiger partial charge in [0, 0.05) is 36.9 Å². The molecule has 8 heteroatoms. The highest BCUT2D eigenvalue weighted by atomic mass is 16.5. The molecule has 3 heterocycles. The number of ether oxygens (including phenoxy) is 2. The van der Waals surface area contributed by atoms with Crippen LogP contribution in [0.15, 0.2) is 57.9 Å². The minimum absolute atomic E-state index is 0.150. The minimum atomic E-state index is -0.347. The zero-order valence-corrected chi connectivity index (χ0v) is 19.3. The lowest BCUT2D eigenvalue weighted by Crippen LogP contribution is -2.50. The summed E-state index contributed by atoms with van der Waals surface area (Å²) in [6.45, 7) is 4.62. The molecule has 0 spiro atoms. The molecular weight excluding hydrogens is 418 g/mol. The molecule has 33 heavy (non-hydrogen) atoms. The van der Waals surface area contributed by atoms with Crippen molar-refractivity contribution in [1.29, 1.82) is 0 Å². The van der Waals surface area contributed by atoms with E-state index in [4.69, 9.17) is 9.47 Å². The monoisotopic (exact) mass is 447 g/mol. The first-order valence-electron chi connectivity index (χ1n) is 11.7. The maximum absolute atomic E-state index is 13.2. The molecule has 0 aromatic heterocycles. The van der Waals surface area contributed by atoms with Gasteiger partial charge in [0.25, 0.3) is 0 Å². The van der Waals surface area contributed by atoms with Crippen LogP contribution in [0.1, 0.15) is 51.5 Å². The van der Waals surface area contributed by atoms with Crippen LogP contribution in [-0.4, -0.2) is 46.9 Å². The first-order chi connectivity index (χ1) is 15.9. The number of likely N-dealkylation sites (tertiary alicyclic amines) is 1. The minimum Gasteiger partial charge on any atom is -0.497 e. The number of benzene rings is 1. The van der Waals surface area contributed by atoms with Crippen molar-refractivity contribution >= 4 is 17.8 Å². The molecule has 2 aliphatic carbocycles. The lowest BCUT2D eigenvalue weighted by molar-refractivity contribution is -0.130. The number of carbonyl (C=O) groups excluding carboxylic acids is 1. The fourth-order valence-corrected chi connectivity index (χ4v) is 5.33. The fourth-order valence-electron chi connectivity index (χ4n) is 5.33. The Morgan fingerprint density at radius 3 is 2.48 bits per heavy atom. The Morgan fingerprint density at radius 2 is 1.82 bits per heavy atom. The van der Waals surface area contributed by atoms with Crippen molar-refractivity contribution in [2.24, 2.45) is 15.9 Å². The SMILES string of the molecule is COc1ccc(C2(N3C[C@H](C4(OC5=NC(C)=CC6=NC(C)=CNN65)CC4)CC3=O)CC2)cc1. The third-order valence-corrected chi connectivity index (χ3v) is 7.50. The molecule has 0 bridgehead atoms. The lowest BCUT2D eigenvalue weighted by atomic mass is 9.98. The molecule has 8 nitrogen and oxygen atoms in total. The van der Waals surface area contributed by atoms with E-state index in [-0.39, 0.29) is 23.0 Å². The first-order valence-corrected chi connectivity index (χ1v) is 11.7. The number of carbonyl (C=O) groups is 1. The second-order valence-corrected chi connectivity index (χ2v) is 9.73. The molecule has 0 radical (unpaired) electrons. The summed E-state index contributed by atoms with van der Waals surface area (Å²) in [6, 6.07) is 8.67. The van der Waals surface area contributed by atoms with Gasteiger partial charge in [0.1, 0.15) is 11.4 Å². The van der Waals surface area contributed by atoms with Crippen LogP contribution in [0.3, 0.4) is 0 Å². The van der Waals surface area contributed by atoms with E-state index in [1.807, 2.05) is 38.3 Å². The molecule has 3 aliphatic heterocycles. The molecule has 0 unspecified atom stereocenters. The number of rotatable bonds is 5. The van der Waals surface area contributed by atoms with E-state index in [0.717, 1.165) is 55.2 Å². The van der Waals surface area contributed by atoms with Crippen LogP contribution in [0.5, 0.6) is 5.75 Å². The number of nitrogens with zero attached hydrogens (tertiary/aromatic N) is 4. The van der Waals surface area contributed by atoms with Crippen LogP contribution >= 0.6 is 0 Å². The van der Waals surface area contributed by atoms with E-state index in [2.05, 4.69) is 32.4 Å². The number of nitrogens with one attached hydrogen (secondary N) is 1.